The van der Waals surface area contributed by atoms with Crippen molar-refractivity contribution >= 4 is 29.0 Å². The van der Waals surface area contributed by atoms with Crippen LogP contribution in [0.4, 0.5) is 0 Å². The van der Waals surface area contributed by atoms with E-state index in [0.717, 1.165) is 22.6 Å². The quantitative estimate of drug-likeness (QED) is 0.363. The lowest BCUT2D eigenvalue weighted by molar-refractivity contribution is -0.131. The maximum absolute atomic E-state index is 11.0. The molecule has 1 aromatic heterocycles. The van der Waals surface area contributed by atoms with Crippen molar-refractivity contribution in [2.45, 2.75) is 6.92 Å². The zero-order chi connectivity index (χ0) is 19.2. The van der Waals surface area contributed by atoms with E-state index >= 15 is 0 Å². The summed E-state index contributed by atoms with van der Waals surface area (Å²) in [5.41, 5.74) is 3.06. The Hall–Kier alpha value is -3.43. The zero-order valence-electron chi connectivity index (χ0n) is 14.8. The molecular weight excluding hydrogens is 360 g/mol. The van der Waals surface area contributed by atoms with Crippen LogP contribution in [0.3, 0.4) is 0 Å². The third kappa shape index (κ3) is 4.60. The molecule has 0 atom stereocenters. The van der Waals surface area contributed by atoms with Crippen molar-refractivity contribution in [2.24, 2.45) is 0 Å². The number of nitrogens with zero attached hydrogens (tertiary/aromatic N) is 2. The van der Waals surface area contributed by atoms with Crippen molar-refractivity contribution in [3.63, 3.8) is 0 Å². The fourth-order valence-corrected chi connectivity index (χ4v) is 3.19. The summed E-state index contributed by atoms with van der Waals surface area (Å²) in [5, 5.41) is 12.1. The minimum absolute atomic E-state index is 0.371. The molecule has 134 valence electrons. The molecule has 0 amide bonds. The Balaban J connectivity index is 1.83. The number of nitriles is 1. The summed E-state index contributed by atoms with van der Waals surface area (Å²) >= 11 is 1.42. The Labute approximate surface area is 161 Å². The van der Waals surface area contributed by atoms with Gasteiger partial charge in [-0.15, -0.1) is 11.3 Å². The van der Waals surface area contributed by atoms with Crippen molar-refractivity contribution in [3.05, 3.63) is 64.5 Å². The van der Waals surface area contributed by atoms with Crippen LogP contribution >= 0.6 is 11.3 Å². The molecule has 0 bridgehead atoms. The third-order valence-corrected chi connectivity index (χ3v) is 4.57. The normalized spacial score (nSPS) is 10.9. The summed E-state index contributed by atoms with van der Waals surface area (Å²) in [5.74, 6) is 0.878. The Bertz CT molecular complexity index is 1010. The molecule has 0 aliphatic carbocycles. The lowest BCUT2D eigenvalue weighted by Gasteiger charge is -2.01. The predicted molar refractivity (Wildman–Crippen MR) is 105 cm³/mol. The Morgan fingerprint density at radius 1 is 1.11 bits per heavy atom. The summed E-state index contributed by atoms with van der Waals surface area (Å²) < 4.78 is 10.2. The molecule has 6 heteroatoms. The van der Waals surface area contributed by atoms with Crippen LogP contribution in [0.25, 0.3) is 22.9 Å². The highest BCUT2D eigenvalue weighted by molar-refractivity contribution is 7.11. The highest BCUT2D eigenvalue weighted by Crippen LogP contribution is 2.28. The van der Waals surface area contributed by atoms with E-state index in [1.165, 1.54) is 18.3 Å². The highest BCUT2D eigenvalue weighted by Gasteiger charge is 2.09. The number of allylic oxidation sites excluding steroid dienone is 1. The molecule has 2 aromatic carbocycles. The number of aromatic nitrogens is 1. The van der Waals surface area contributed by atoms with E-state index in [1.54, 1.807) is 37.5 Å². The van der Waals surface area contributed by atoms with Gasteiger partial charge in [0.05, 0.1) is 18.4 Å². The molecule has 0 fully saturated rings. The van der Waals surface area contributed by atoms with Crippen molar-refractivity contribution in [3.8, 4) is 28.8 Å². The number of hydrogen-bond donors (Lipinski definition) is 0. The number of benzene rings is 2. The van der Waals surface area contributed by atoms with Gasteiger partial charge in [0.1, 0.15) is 22.6 Å². The van der Waals surface area contributed by atoms with Gasteiger partial charge in [0.15, 0.2) is 0 Å². The molecule has 27 heavy (non-hydrogen) atoms. The van der Waals surface area contributed by atoms with E-state index < -0.39 is 0 Å². The summed E-state index contributed by atoms with van der Waals surface area (Å²) in [6, 6.07) is 16.8. The van der Waals surface area contributed by atoms with Gasteiger partial charge < -0.3 is 9.47 Å². The molecule has 1 heterocycles. The van der Waals surface area contributed by atoms with E-state index in [2.05, 4.69) is 11.1 Å². The fourth-order valence-electron chi connectivity index (χ4n) is 2.40. The molecule has 0 spiro atoms. The van der Waals surface area contributed by atoms with Crippen molar-refractivity contribution in [1.29, 1.82) is 5.26 Å². The topological polar surface area (TPSA) is 72.2 Å². The van der Waals surface area contributed by atoms with Crippen LogP contribution in [0.2, 0.25) is 0 Å². The minimum atomic E-state index is -0.371. The first kappa shape index (κ1) is 18.4. The smallest absolute Gasteiger partial charge is 0.308 e. The number of rotatable bonds is 5. The Morgan fingerprint density at radius 2 is 1.78 bits per heavy atom. The van der Waals surface area contributed by atoms with Gasteiger partial charge in [0.25, 0.3) is 0 Å². The van der Waals surface area contributed by atoms with Crippen LogP contribution in [0.5, 0.6) is 11.5 Å². The van der Waals surface area contributed by atoms with E-state index in [4.69, 9.17) is 9.47 Å². The van der Waals surface area contributed by atoms with E-state index in [9.17, 15) is 10.1 Å². The van der Waals surface area contributed by atoms with Crippen LogP contribution in [0.15, 0.2) is 53.9 Å². The molecule has 0 N–H and O–H groups in total. The van der Waals surface area contributed by atoms with Gasteiger partial charge in [-0.25, -0.2) is 4.98 Å². The average Bonchev–Trinajstić information content (AvgIpc) is 3.17. The number of methoxy groups -OCH3 is 1. The van der Waals surface area contributed by atoms with Gasteiger partial charge in [-0.3, -0.25) is 4.79 Å². The second-order valence-electron chi connectivity index (χ2n) is 5.60. The third-order valence-electron chi connectivity index (χ3n) is 3.69. The number of carbonyl (C=O) groups excluding carboxylic acids is 1. The van der Waals surface area contributed by atoms with Crippen LogP contribution in [-0.2, 0) is 4.79 Å². The predicted octanol–water partition coefficient (Wildman–Crippen LogP) is 4.81. The molecule has 0 aliphatic heterocycles. The summed E-state index contributed by atoms with van der Waals surface area (Å²) in [4.78, 5) is 15.5. The van der Waals surface area contributed by atoms with Crippen molar-refractivity contribution in [2.75, 3.05) is 7.11 Å². The Morgan fingerprint density at radius 3 is 2.37 bits per heavy atom. The van der Waals surface area contributed by atoms with Gasteiger partial charge >= 0.3 is 5.97 Å². The second-order valence-corrected chi connectivity index (χ2v) is 6.46. The van der Waals surface area contributed by atoms with E-state index in [0.29, 0.717) is 16.3 Å². The van der Waals surface area contributed by atoms with Crippen molar-refractivity contribution in [1.82, 2.24) is 4.98 Å². The first-order chi connectivity index (χ1) is 13.1. The van der Waals surface area contributed by atoms with Gasteiger partial charge in [-0.1, -0.05) is 12.1 Å². The van der Waals surface area contributed by atoms with E-state index in [-0.39, 0.29) is 5.97 Å². The lowest BCUT2D eigenvalue weighted by atomic mass is 10.1. The maximum Gasteiger partial charge on any atom is 0.308 e. The number of thiazole rings is 1. The van der Waals surface area contributed by atoms with Gasteiger partial charge in [0.2, 0.25) is 0 Å². The first-order valence-electron chi connectivity index (χ1n) is 8.09. The monoisotopic (exact) mass is 376 g/mol. The van der Waals surface area contributed by atoms with Crippen LogP contribution in [0.1, 0.15) is 17.5 Å². The van der Waals surface area contributed by atoms with Gasteiger partial charge in [-0.2, -0.15) is 5.26 Å². The number of hydrogen-bond acceptors (Lipinski definition) is 6. The average molecular weight is 376 g/mol. The summed E-state index contributed by atoms with van der Waals surface area (Å²) in [6.45, 7) is 1.35. The minimum Gasteiger partial charge on any atom is -0.497 e. The number of carbonyl (C=O) groups is 1. The number of esters is 1. The van der Waals surface area contributed by atoms with Crippen LogP contribution < -0.4 is 9.47 Å². The molecule has 0 radical (unpaired) electrons. The summed E-state index contributed by atoms with van der Waals surface area (Å²) in [7, 11) is 1.62. The zero-order valence-corrected chi connectivity index (χ0v) is 15.6. The maximum atomic E-state index is 11.0. The highest BCUT2D eigenvalue weighted by atomic mass is 32.1. The molecule has 3 aromatic rings. The van der Waals surface area contributed by atoms with Gasteiger partial charge in [0, 0.05) is 17.9 Å². The van der Waals surface area contributed by atoms with Crippen LogP contribution in [0, 0.1) is 11.3 Å². The largest absolute Gasteiger partial charge is 0.497 e. The van der Waals surface area contributed by atoms with Gasteiger partial charge in [-0.05, 0) is 48.0 Å². The fraction of sp³-hybridized carbons (Fsp3) is 0.0952. The summed E-state index contributed by atoms with van der Waals surface area (Å²) in [6.07, 6.45) is 1.76. The lowest BCUT2D eigenvalue weighted by Crippen LogP contribution is -2.00. The molecule has 3 rings (SSSR count). The standard InChI is InChI=1S/C21H16N2O3S/c1-14(24)26-19-7-3-15(4-8-19)11-17(12-22)21-23-20(13-27-21)16-5-9-18(25-2)10-6-16/h3-11,13H,1-2H3. The number of ether oxygens (including phenoxy) is 2. The first-order valence-corrected chi connectivity index (χ1v) is 8.97. The van der Waals surface area contributed by atoms with Crippen LogP contribution in [-0.4, -0.2) is 18.1 Å². The Kier molecular flexibility index (Phi) is 5.64. The molecule has 0 saturated heterocycles. The molecular formula is C21H16N2O3S. The van der Waals surface area contributed by atoms with Crippen molar-refractivity contribution < 1.29 is 14.3 Å². The molecule has 0 saturated carbocycles. The SMILES string of the molecule is COc1ccc(-c2csc(C(C#N)=Cc3ccc(OC(C)=O)cc3)n2)cc1. The molecule has 0 unspecified atom stereocenters. The molecule has 5 nitrogen and oxygen atoms in total. The molecule has 0 aliphatic rings. The van der Waals surface area contributed by atoms with E-state index in [1.807, 2.05) is 29.6 Å². The second kappa shape index (κ2) is 8.30.